The molecule has 1 atom stereocenters. The number of rotatable bonds is 1. The van der Waals surface area contributed by atoms with Crippen LogP contribution in [0.2, 0.25) is 0 Å². The van der Waals surface area contributed by atoms with E-state index >= 15 is 0 Å². The van der Waals surface area contributed by atoms with Gasteiger partial charge >= 0.3 is 0 Å². The van der Waals surface area contributed by atoms with Crippen LogP contribution in [0.1, 0.15) is 17.5 Å². The molecule has 7 nitrogen and oxygen atoms in total. The van der Waals surface area contributed by atoms with E-state index < -0.39 is 11.2 Å². The molecule has 0 saturated heterocycles. The highest BCUT2D eigenvalue weighted by atomic mass is 32.1. The van der Waals surface area contributed by atoms with Crippen molar-refractivity contribution < 1.29 is 14.0 Å². The first kappa shape index (κ1) is 17.3. The number of hydrogen-bond donors (Lipinski definition) is 1. The highest BCUT2D eigenvalue weighted by Crippen LogP contribution is 2.52. The molecule has 2 aromatic heterocycles. The van der Waals surface area contributed by atoms with Crippen molar-refractivity contribution in [3.63, 3.8) is 0 Å². The topological polar surface area (TPSA) is 80.1 Å². The third kappa shape index (κ3) is 2.07. The van der Waals surface area contributed by atoms with Crippen LogP contribution in [-0.4, -0.2) is 33.6 Å². The van der Waals surface area contributed by atoms with Crippen LogP contribution in [0.3, 0.4) is 0 Å². The molecule has 2 aliphatic rings. The normalized spacial score (nSPS) is 20.0. The van der Waals surface area contributed by atoms with Crippen LogP contribution >= 0.6 is 11.3 Å². The second-order valence-electron chi connectivity index (χ2n) is 7.44. The minimum Gasteiger partial charge on any atom is -0.314 e. The summed E-state index contributed by atoms with van der Waals surface area (Å²) in [5, 5.41) is 7.88. The molecule has 6 rings (SSSR count). The number of halogens is 1. The first-order valence-electron chi connectivity index (χ1n) is 9.31. The van der Waals surface area contributed by atoms with Crippen LogP contribution < -0.4 is 10.2 Å². The zero-order valence-corrected chi connectivity index (χ0v) is 16.5. The van der Waals surface area contributed by atoms with Gasteiger partial charge in [-0.1, -0.05) is 23.5 Å². The minimum atomic E-state index is -1.31. The number of nitrogens with one attached hydrogen (secondary N) is 1. The van der Waals surface area contributed by atoms with Crippen LogP contribution in [0.5, 0.6) is 0 Å². The van der Waals surface area contributed by atoms with Gasteiger partial charge in [-0.05, 0) is 35.9 Å². The van der Waals surface area contributed by atoms with Crippen LogP contribution in [-0.2, 0) is 15.0 Å². The number of anilines is 2. The Labute approximate surface area is 173 Å². The Morgan fingerprint density at radius 2 is 2.00 bits per heavy atom. The first-order chi connectivity index (χ1) is 14.5. The summed E-state index contributed by atoms with van der Waals surface area (Å²) >= 11 is 1.43. The summed E-state index contributed by atoms with van der Waals surface area (Å²) in [6, 6.07) is 11.9. The summed E-state index contributed by atoms with van der Waals surface area (Å²) in [6.45, 7) is 0. The predicted molar refractivity (Wildman–Crippen MR) is 111 cm³/mol. The lowest BCUT2D eigenvalue weighted by molar-refractivity contribution is -0.126. The standard InChI is InChI=1S/C21H14FN5O2S/c1-26-15-7-6-11(22)8-12(15)21(19(26)29)9-17(28)25-18-13(21)10-23-27(18)20-24-14-4-2-3-5-16(14)30-20/h2-8,10H,9H2,1H3,(H,25,28). The number of amides is 2. The molecule has 4 aromatic rings. The van der Waals surface area contributed by atoms with E-state index in [9.17, 15) is 14.0 Å². The second-order valence-corrected chi connectivity index (χ2v) is 8.45. The maximum absolute atomic E-state index is 14.2. The van der Waals surface area contributed by atoms with Gasteiger partial charge in [-0.15, -0.1) is 0 Å². The number of thiazole rings is 1. The molecule has 1 unspecified atom stereocenters. The van der Waals surface area contributed by atoms with Gasteiger partial charge in [-0.25, -0.2) is 9.37 Å². The molecular weight excluding hydrogens is 405 g/mol. The molecule has 0 fully saturated rings. The number of hydrogen-bond acceptors (Lipinski definition) is 5. The third-order valence-corrected chi connectivity index (χ3v) is 6.84. The Morgan fingerprint density at radius 3 is 2.83 bits per heavy atom. The Bertz CT molecular complexity index is 1360. The molecule has 4 heterocycles. The zero-order valence-electron chi connectivity index (χ0n) is 15.7. The smallest absolute Gasteiger partial charge is 0.242 e. The maximum atomic E-state index is 14.2. The number of likely N-dealkylation sites (N-methyl/N-ethyl adjacent to an activating group) is 1. The average Bonchev–Trinajstić information content (AvgIpc) is 3.39. The van der Waals surface area contributed by atoms with E-state index in [2.05, 4.69) is 15.4 Å². The van der Waals surface area contributed by atoms with Gasteiger partial charge in [0.25, 0.3) is 0 Å². The van der Waals surface area contributed by atoms with Gasteiger partial charge in [0.15, 0.2) is 0 Å². The average molecular weight is 419 g/mol. The molecule has 2 aromatic carbocycles. The zero-order chi connectivity index (χ0) is 20.6. The van der Waals surface area contributed by atoms with Crippen LogP contribution in [0.25, 0.3) is 15.3 Å². The van der Waals surface area contributed by atoms with E-state index in [1.807, 2.05) is 24.3 Å². The van der Waals surface area contributed by atoms with Crippen LogP contribution in [0, 0.1) is 5.82 Å². The highest BCUT2D eigenvalue weighted by Gasteiger charge is 2.56. The molecule has 30 heavy (non-hydrogen) atoms. The molecule has 1 spiro atoms. The van der Waals surface area contributed by atoms with Gasteiger partial charge in [0.1, 0.15) is 17.1 Å². The lowest BCUT2D eigenvalue weighted by Gasteiger charge is -2.32. The van der Waals surface area contributed by atoms with E-state index in [0.717, 1.165) is 10.2 Å². The molecule has 0 radical (unpaired) electrons. The summed E-state index contributed by atoms with van der Waals surface area (Å²) in [6.07, 6.45) is 1.47. The van der Waals surface area contributed by atoms with E-state index in [0.29, 0.717) is 27.8 Å². The quantitative estimate of drug-likeness (QED) is 0.514. The van der Waals surface area contributed by atoms with Crippen molar-refractivity contribution in [2.24, 2.45) is 0 Å². The largest absolute Gasteiger partial charge is 0.314 e. The fourth-order valence-electron chi connectivity index (χ4n) is 4.47. The van der Waals surface area contributed by atoms with Gasteiger partial charge in [0, 0.05) is 24.7 Å². The molecular formula is C21H14FN5O2S. The number of carbonyl (C=O) groups is 2. The van der Waals surface area contributed by atoms with Gasteiger partial charge in [-0.3, -0.25) is 9.59 Å². The number of para-hydroxylation sites is 1. The molecule has 2 aliphatic heterocycles. The van der Waals surface area contributed by atoms with Crippen LogP contribution in [0.4, 0.5) is 15.9 Å². The number of fused-ring (bicyclic) bond motifs is 5. The van der Waals surface area contributed by atoms with Gasteiger partial charge in [-0.2, -0.15) is 9.78 Å². The molecule has 0 saturated carbocycles. The first-order valence-corrected chi connectivity index (χ1v) is 10.1. The number of carbonyl (C=O) groups excluding carboxylic acids is 2. The van der Waals surface area contributed by atoms with Crippen molar-refractivity contribution in [2.45, 2.75) is 11.8 Å². The molecule has 0 bridgehead atoms. The van der Waals surface area contributed by atoms with Crippen molar-refractivity contribution in [1.82, 2.24) is 14.8 Å². The maximum Gasteiger partial charge on any atom is 0.242 e. The Morgan fingerprint density at radius 1 is 1.17 bits per heavy atom. The van der Waals surface area contributed by atoms with Gasteiger partial charge in [0.2, 0.25) is 16.9 Å². The van der Waals surface area contributed by atoms with Crippen molar-refractivity contribution in [3.05, 3.63) is 65.6 Å². The summed E-state index contributed by atoms with van der Waals surface area (Å²) in [7, 11) is 1.64. The fraction of sp³-hybridized carbons (Fsp3) is 0.143. The summed E-state index contributed by atoms with van der Waals surface area (Å²) < 4.78 is 16.7. The number of nitrogens with zero attached hydrogens (tertiary/aromatic N) is 4. The lowest BCUT2D eigenvalue weighted by Crippen LogP contribution is -2.45. The van der Waals surface area contributed by atoms with Gasteiger partial charge in [0.05, 0.1) is 16.4 Å². The Hall–Kier alpha value is -3.59. The van der Waals surface area contributed by atoms with Gasteiger partial charge < -0.3 is 10.2 Å². The molecule has 9 heteroatoms. The molecule has 0 aliphatic carbocycles. The van der Waals surface area contributed by atoms with E-state index in [-0.39, 0.29) is 18.2 Å². The minimum absolute atomic E-state index is 0.106. The monoisotopic (exact) mass is 419 g/mol. The molecule has 148 valence electrons. The fourth-order valence-corrected chi connectivity index (χ4v) is 5.40. The number of aromatic nitrogens is 3. The van der Waals surface area contributed by atoms with Crippen molar-refractivity contribution in [2.75, 3.05) is 17.3 Å². The lowest BCUT2D eigenvalue weighted by atomic mass is 9.72. The summed E-state index contributed by atoms with van der Waals surface area (Å²) in [5.41, 5.74) is 1.13. The van der Waals surface area contributed by atoms with E-state index in [4.69, 9.17) is 0 Å². The second kappa shape index (κ2) is 5.73. The summed E-state index contributed by atoms with van der Waals surface area (Å²) in [4.78, 5) is 32.3. The Kier molecular flexibility index (Phi) is 3.30. The van der Waals surface area contributed by atoms with Crippen LogP contribution in [0.15, 0.2) is 48.7 Å². The Balaban J connectivity index is 1.61. The predicted octanol–water partition coefficient (Wildman–Crippen LogP) is 3.23. The summed E-state index contributed by atoms with van der Waals surface area (Å²) in [5.74, 6) is -0.668. The van der Waals surface area contributed by atoms with E-state index in [1.165, 1.54) is 28.4 Å². The molecule has 1 N–H and O–H groups in total. The van der Waals surface area contributed by atoms with Crippen molar-refractivity contribution in [1.29, 1.82) is 0 Å². The van der Waals surface area contributed by atoms with Crippen molar-refractivity contribution in [3.8, 4) is 5.13 Å². The third-order valence-electron chi connectivity index (χ3n) is 5.83. The number of benzene rings is 2. The van der Waals surface area contributed by atoms with Crippen molar-refractivity contribution >= 4 is 44.9 Å². The highest BCUT2D eigenvalue weighted by molar-refractivity contribution is 7.20. The van der Waals surface area contributed by atoms with E-state index in [1.54, 1.807) is 24.0 Å². The molecule has 2 amide bonds. The SMILES string of the molecule is CN1C(=O)C2(CC(=O)Nc3c2cnn3-c2nc3ccccc3s2)c2cc(F)ccc21.